The summed E-state index contributed by atoms with van der Waals surface area (Å²) in [4.78, 5) is 24.9. The molecule has 0 fully saturated rings. The van der Waals surface area contributed by atoms with Crippen LogP contribution in [0.4, 0.5) is 5.69 Å². The summed E-state index contributed by atoms with van der Waals surface area (Å²) in [6.07, 6.45) is 1.23. The van der Waals surface area contributed by atoms with Crippen molar-refractivity contribution < 1.29 is 22.7 Å². The molecule has 0 aromatic heterocycles. The third-order valence-electron chi connectivity index (χ3n) is 3.98. The molecule has 2 aromatic rings. The van der Waals surface area contributed by atoms with Gasteiger partial charge in [-0.25, -0.2) is 8.42 Å². The van der Waals surface area contributed by atoms with Crippen molar-refractivity contribution in [1.82, 2.24) is 0 Å². The molecule has 1 N–H and O–H groups in total. The maximum Gasteiger partial charge on any atom is 0.307 e. The summed E-state index contributed by atoms with van der Waals surface area (Å²) >= 11 is 1.55. The molecule has 0 aliphatic carbocycles. The highest BCUT2D eigenvalue weighted by molar-refractivity contribution is 7.99. The number of anilines is 1. The molecule has 1 amide bonds. The standard InChI is InChI=1S/C20H23NO5S2/c1-14-8-9-16(12-15(14)2)27-11-10-20(23)26-13-19(22)21-17-6-4-5-7-18(17)28(3,24)25/h4-9,12H,10-11,13H2,1-3H3,(H,21,22). The molecule has 0 unspecified atom stereocenters. The molecule has 0 heterocycles. The highest BCUT2D eigenvalue weighted by Gasteiger charge is 2.15. The molecule has 0 spiro atoms. The first-order valence-corrected chi connectivity index (χ1v) is 11.5. The Hall–Kier alpha value is -2.32. The fraction of sp³-hybridized carbons (Fsp3) is 0.300. The predicted octanol–water partition coefficient (Wildman–Crippen LogP) is 3.37. The summed E-state index contributed by atoms with van der Waals surface area (Å²) in [5.74, 6) is -0.533. The molecule has 28 heavy (non-hydrogen) atoms. The van der Waals surface area contributed by atoms with Crippen molar-refractivity contribution in [2.75, 3.05) is 23.9 Å². The quantitative estimate of drug-likeness (QED) is 0.519. The molecule has 8 heteroatoms. The Labute approximate surface area is 169 Å². The summed E-state index contributed by atoms with van der Waals surface area (Å²) < 4.78 is 28.4. The van der Waals surface area contributed by atoms with Gasteiger partial charge in [0.2, 0.25) is 0 Å². The van der Waals surface area contributed by atoms with Gasteiger partial charge in [0.1, 0.15) is 0 Å². The lowest BCUT2D eigenvalue weighted by atomic mass is 10.1. The number of nitrogens with one attached hydrogen (secondary N) is 1. The average molecular weight is 422 g/mol. The minimum atomic E-state index is -3.48. The number of thioether (sulfide) groups is 1. The number of hydrogen-bond acceptors (Lipinski definition) is 6. The second kappa shape index (κ2) is 9.75. The average Bonchev–Trinajstić information content (AvgIpc) is 2.62. The van der Waals surface area contributed by atoms with Crippen molar-refractivity contribution in [1.29, 1.82) is 0 Å². The predicted molar refractivity (Wildman–Crippen MR) is 110 cm³/mol. The third kappa shape index (κ3) is 6.69. The zero-order valence-electron chi connectivity index (χ0n) is 16.0. The molecule has 0 atom stereocenters. The lowest BCUT2D eigenvalue weighted by Crippen LogP contribution is -2.22. The summed E-state index contributed by atoms with van der Waals surface area (Å²) in [5, 5.41) is 2.47. The zero-order valence-corrected chi connectivity index (χ0v) is 17.7. The largest absolute Gasteiger partial charge is 0.456 e. The Bertz CT molecular complexity index is 970. The Kier molecular flexibility index (Phi) is 7.65. The molecular formula is C20H23NO5S2. The number of ether oxygens (including phenoxy) is 1. The summed E-state index contributed by atoms with van der Waals surface area (Å²) in [7, 11) is -3.48. The summed E-state index contributed by atoms with van der Waals surface area (Å²) in [5.41, 5.74) is 2.57. The number of sulfone groups is 1. The Balaban J connectivity index is 1.78. The van der Waals surface area contributed by atoms with Gasteiger partial charge in [0.15, 0.2) is 16.4 Å². The summed E-state index contributed by atoms with van der Waals surface area (Å²) in [6, 6.07) is 12.2. The van der Waals surface area contributed by atoms with Gasteiger partial charge >= 0.3 is 5.97 Å². The first-order valence-electron chi connectivity index (χ1n) is 8.61. The second-order valence-electron chi connectivity index (χ2n) is 6.32. The number of carbonyl (C=O) groups is 2. The van der Waals surface area contributed by atoms with E-state index in [4.69, 9.17) is 4.74 Å². The number of esters is 1. The molecule has 0 saturated carbocycles. The van der Waals surface area contributed by atoms with Crippen LogP contribution in [0.15, 0.2) is 52.3 Å². The minimum Gasteiger partial charge on any atom is -0.456 e. The number of hydrogen-bond donors (Lipinski definition) is 1. The van der Waals surface area contributed by atoms with E-state index in [0.29, 0.717) is 5.75 Å². The second-order valence-corrected chi connectivity index (χ2v) is 9.47. The Morgan fingerprint density at radius 3 is 2.46 bits per heavy atom. The molecule has 2 aromatic carbocycles. The fourth-order valence-electron chi connectivity index (χ4n) is 2.35. The molecule has 0 aliphatic rings. The monoisotopic (exact) mass is 421 g/mol. The van der Waals surface area contributed by atoms with Gasteiger partial charge in [0.05, 0.1) is 17.0 Å². The van der Waals surface area contributed by atoms with Crippen molar-refractivity contribution in [2.45, 2.75) is 30.1 Å². The van der Waals surface area contributed by atoms with Crippen LogP contribution in [0.1, 0.15) is 17.5 Å². The summed E-state index contributed by atoms with van der Waals surface area (Å²) in [6.45, 7) is 3.61. The maximum absolute atomic E-state index is 12.0. The van der Waals surface area contributed by atoms with E-state index in [2.05, 4.69) is 11.4 Å². The van der Waals surface area contributed by atoms with Crippen LogP contribution >= 0.6 is 11.8 Å². The van der Waals surface area contributed by atoms with Crippen molar-refractivity contribution in [3.63, 3.8) is 0 Å². The molecule has 6 nitrogen and oxygen atoms in total. The van der Waals surface area contributed by atoms with Gasteiger partial charge in [-0.05, 0) is 49.2 Å². The van der Waals surface area contributed by atoms with Crippen molar-refractivity contribution in [3.8, 4) is 0 Å². The topological polar surface area (TPSA) is 89.5 Å². The smallest absolute Gasteiger partial charge is 0.307 e. The lowest BCUT2D eigenvalue weighted by Gasteiger charge is -2.10. The van der Waals surface area contributed by atoms with Gasteiger partial charge in [-0.1, -0.05) is 18.2 Å². The van der Waals surface area contributed by atoms with E-state index < -0.39 is 28.3 Å². The number of para-hydroxylation sites is 1. The first-order chi connectivity index (χ1) is 13.2. The van der Waals surface area contributed by atoms with Crippen LogP contribution in [0, 0.1) is 13.8 Å². The zero-order chi connectivity index (χ0) is 20.7. The fourth-order valence-corrected chi connectivity index (χ4v) is 4.13. The number of benzene rings is 2. The number of rotatable bonds is 8. The van der Waals surface area contributed by atoms with Gasteiger partial charge < -0.3 is 10.1 Å². The lowest BCUT2D eigenvalue weighted by molar-refractivity contribution is -0.146. The molecule has 0 bridgehead atoms. The van der Waals surface area contributed by atoms with Crippen molar-refractivity contribution in [2.24, 2.45) is 0 Å². The normalized spacial score (nSPS) is 11.1. The van der Waals surface area contributed by atoms with E-state index in [1.807, 2.05) is 26.0 Å². The minimum absolute atomic E-state index is 0.0134. The van der Waals surface area contributed by atoms with E-state index in [-0.39, 0.29) is 17.0 Å². The van der Waals surface area contributed by atoms with Gasteiger partial charge in [-0.2, -0.15) is 0 Å². The molecule has 2 rings (SSSR count). The molecular weight excluding hydrogens is 398 g/mol. The van der Waals surface area contributed by atoms with E-state index >= 15 is 0 Å². The van der Waals surface area contributed by atoms with Gasteiger partial charge in [-0.3, -0.25) is 9.59 Å². The van der Waals surface area contributed by atoms with Gasteiger partial charge in [-0.15, -0.1) is 11.8 Å². The number of amides is 1. The maximum atomic E-state index is 12.0. The van der Waals surface area contributed by atoms with Crippen LogP contribution in [-0.2, 0) is 24.2 Å². The van der Waals surface area contributed by atoms with E-state index in [0.717, 1.165) is 11.2 Å². The van der Waals surface area contributed by atoms with Crippen LogP contribution in [0.2, 0.25) is 0 Å². The molecule has 0 saturated heterocycles. The number of aryl methyl sites for hydroxylation is 2. The first kappa shape index (κ1) is 22.0. The highest BCUT2D eigenvalue weighted by Crippen LogP contribution is 2.22. The van der Waals surface area contributed by atoms with Crippen molar-refractivity contribution >= 4 is 39.2 Å². The van der Waals surface area contributed by atoms with Crippen LogP contribution in [0.25, 0.3) is 0 Å². The third-order valence-corrected chi connectivity index (χ3v) is 6.13. The Morgan fingerprint density at radius 2 is 1.79 bits per heavy atom. The van der Waals surface area contributed by atoms with Gasteiger partial charge in [0, 0.05) is 16.9 Å². The Morgan fingerprint density at radius 1 is 1.07 bits per heavy atom. The molecule has 0 aliphatic heterocycles. The number of carbonyl (C=O) groups excluding carboxylic acids is 2. The van der Waals surface area contributed by atoms with E-state index in [1.165, 1.54) is 23.3 Å². The van der Waals surface area contributed by atoms with E-state index in [1.54, 1.807) is 23.9 Å². The van der Waals surface area contributed by atoms with Gasteiger partial charge in [0.25, 0.3) is 5.91 Å². The van der Waals surface area contributed by atoms with Crippen LogP contribution in [0.5, 0.6) is 0 Å². The highest BCUT2D eigenvalue weighted by atomic mass is 32.2. The van der Waals surface area contributed by atoms with Crippen LogP contribution in [-0.4, -0.2) is 38.9 Å². The van der Waals surface area contributed by atoms with Crippen molar-refractivity contribution in [3.05, 3.63) is 53.6 Å². The van der Waals surface area contributed by atoms with E-state index in [9.17, 15) is 18.0 Å². The molecule has 0 radical (unpaired) electrons. The van der Waals surface area contributed by atoms with Crippen LogP contribution < -0.4 is 5.32 Å². The SMILES string of the molecule is Cc1ccc(SCCC(=O)OCC(=O)Nc2ccccc2S(C)(=O)=O)cc1C. The van der Waals surface area contributed by atoms with Crippen LogP contribution in [0.3, 0.4) is 0 Å². The molecule has 150 valence electrons.